The first kappa shape index (κ1) is 19.3. The molecule has 0 radical (unpaired) electrons. The second-order valence-electron chi connectivity index (χ2n) is 5.06. The third kappa shape index (κ3) is 4.55. The number of methoxy groups -OCH3 is 1. The first-order valence-electron chi connectivity index (χ1n) is 7.19. The van der Waals surface area contributed by atoms with Crippen molar-refractivity contribution in [1.82, 2.24) is 0 Å². The maximum Gasteiger partial charge on any atom is 0.416 e. The molecule has 0 unspecified atom stereocenters. The fraction of sp³-hybridized carbons (Fsp3) is 0.111. The summed E-state index contributed by atoms with van der Waals surface area (Å²) < 4.78 is 44.1. The smallest absolute Gasteiger partial charge is 0.416 e. The van der Waals surface area contributed by atoms with E-state index >= 15 is 0 Å². The number of ether oxygens (including phenoxy) is 1. The number of anilines is 1. The molecule has 1 amide bonds. The molecule has 2 aromatic carbocycles. The number of nitrogens with zero attached hydrogens (tertiary/aromatic N) is 1. The SMILES string of the molecule is COc1ccc(NC(=O)/C(C#N)=C/c2ccccc2C(F)(F)F)cc1Cl. The first-order valence-corrected chi connectivity index (χ1v) is 7.57. The van der Waals surface area contributed by atoms with E-state index in [1.54, 1.807) is 6.07 Å². The van der Waals surface area contributed by atoms with Crippen LogP contribution in [0.25, 0.3) is 6.08 Å². The standard InChI is InChI=1S/C18H12ClF3N2O2/c1-26-16-7-6-13(9-15(16)19)24-17(25)12(10-23)8-11-4-2-3-5-14(11)18(20,21)22/h2-9H,1H3,(H,24,25)/b12-8+. The number of nitriles is 1. The minimum atomic E-state index is -4.60. The van der Waals surface area contributed by atoms with E-state index in [0.29, 0.717) is 5.75 Å². The van der Waals surface area contributed by atoms with Gasteiger partial charge in [0.05, 0.1) is 17.7 Å². The van der Waals surface area contributed by atoms with Gasteiger partial charge >= 0.3 is 6.18 Å². The van der Waals surface area contributed by atoms with Crippen LogP contribution in [-0.2, 0) is 11.0 Å². The number of carbonyl (C=O) groups is 1. The van der Waals surface area contributed by atoms with Crippen molar-refractivity contribution in [3.05, 3.63) is 64.2 Å². The normalized spacial score (nSPS) is 11.6. The van der Waals surface area contributed by atoms with Crippen molar-refractivity contribution in [2.45, 2.75) is 6.18 Å². The second kappa shape index (κ2) is 7.93. The summed E-state index contributed by atoms with van der Waals surface area (Å²) in [5.74, 6) is -0.467. The monoisotopic (exact) mass is 380 g/mol. The predicted octanol–water partition coefficient (Wildman–Crippen LogP) is 4.91. The average Bonchev–Trinajstić information content (AvgIpc) is 2.59. The van der Waals surface area contributed by atoms with Crippen LogP contribution < -0.4 is 10.1 Å². The molecule has 4 nitrogen and oxygen atoms in total. The van der Waals surface area contributed by atoms with E-state index in [1.165, 1.54) is 43.5 Å². The van der Waals surface area contributed by atoms with Gasteiger partial charge in [0.15, 0.2) is 0 Å². The molecular formula is C18H12ClF3N2O2. The van der Waals surface area contributed by atoms with E-state index in [4.69, 9.17) is 21.6 Å². The van der Waals surface area contributed by atoms with Crippen LogP contribution in [-0.4, -0.2) is 13.0 Å². The molecule has 0 bridgehead atoms. The molecule has 0 aliphatic heterocycles. The number of carbonyl (C=O) groups excluding carboxylic acids is 1. The number of halogens is 4. The molecule has 0 spiro atoms. The largest absolute Gasteiger partial charge is 0.495 e. The fourth-order valence-corrected chi connectivity index (χ4v) is 2.39. The highest BCUT2D eigenvalue weighted by Crippen LogP contribution is 2.33. The van der Waals surface area contributed by atoms with Crippen LogP contribution >= 0.6 is 11.6 Å². The van der Waals surface area contributed by atoms with Crippen molar-refractivity contribution in [2.24, 2.45) is 0 Å². The van der Waals surface area contributed by atoms with E-state index < -0.39 is 23.2 Å². The first-order chi connectivity index (χ1) is 12.3. The maximum atomic E-state index is 13.0. The molecule has 0 saturated heterocycles. The summed E-state index contributed by atoms with van der Waals surface area (Å²) in [6, 6.07) is 10.7. The number of rotatable bonds is 4. The Labute approximate surface area is 152 Å². The highest BCUT2D eigenvalue weighted by Gasteiger charge is 2.32. The summed E-state index contributed by atoms with van der Waals surface area (Å²) >= 11 is 5.95. The van der Waals surface area contributed by atoms with Crippen molar-refractivity contribution in [2.75, 3.05) is 12.4 Å². The van der Waals surface area contributed by atoms with E-state index in [-0.39, 0.29) is 16.3 Å². The third-order valence-electron chi connectivity index (χ3n) is 3.34. The van der Waals surface area contributed by atoms with Crippen LogP contribution in [0.2, 0.25) is 5.02 Å². The van der Waals surface area contributed by atoms with Gasteiger partial charge in [-0.3, -0.25) is 4.79 Å². The fourth-order valence-electron chi connectivity index (χ4n) is 2.13. The molecule has 0 aliphatic carbocycles. The molecule has 1 N–H and O–H groups in total. The van der Waals surface area contributed by atoms with E-state index in [9.17, 15) is 18.0 Å². The van der Waals surface area contributed by atoms with E-state index in [1.807, 2.05) is 0 Å². The van der Waals surface area contributed by atoms with Gasteiger partial charge in [-0.2, -0.15) is 18.4 Å². The molecule has 0 heterocycles. The number of benzene rings is 2. The quantitative estimate of drug-likeness (QED) is 0.605. The lowest BCUT2D eigenvalue weighted by molar-refractivity contribution is -0.137. The molecule has 2 aromatic rings. The van der Waals surface area contributed by atoms with Gasteiger partial charge in [0, 0.05) is 5.69 Å². The average molecular weight is 381 g/mol. The Balaban J connectivity index is 2.32. The number of alkyl halides is 3. The van der Waals surface area contributed by atoms with E-state index in [2.05, 4.69) is 5.32 Å². The summed E-state index contributed by atoms with van der Waals surface area (Å²) in [5.41, 5.74) is -1.42. The Kier molecular flexibility index (Phi) is 5.90. The van der Waals surface area contributed by atoms with Crippen molar-refractivity contribution >= 4 is 29.3 Å². The number of hydrogen-bond acceptors (Lipinski definition) is 3. The Bertz CT molecular complexity index is 902. The van der Waals surface area contributed by atoms with Crippen LogP contribution in [0.4, 0.5) is 18.9 Å². The number of hydrogen-bond donors (Lipinski definition) is 1. The molecule has 0 fully saturated rings. The molecule has 0 aromatic heterocycles. The van der Waals surface area contributed by atoms with E-state index in [0.717, 1.165) is 12.1 Å². The van der Waals surface area contributed by atoms with Gasteiger partial charge in [0.2, 0.25) is 0 Å². The zero-order valence-corrected chi connectivity index (χ0v) is 14.2. The Morgan fingerprint density at radius 3 is 2.54 bits per heavy atom. The Hall–Kier alpha value is -2.98. The van der Waals surface area contributed by atoms with Crippen molar-refractivity contribution in [3.8, 4) is 11.8 Å². The van der Waals surface area contributed by atoms with Gasteiger partial charge in [0.1, 0.15) is 17.4 Å². The highest BCUT2D eigenvalue weighted by molar-refractivity contribution is 6.32. The van der Waals surface area contributed by atoms with Crippen LogP contribution in [0.15, 0.2) is 48.0 Å². The van der Waals surface area contributed by atoms with Gasteiger partial charge in [-0.15, -0.1) is 0 Å². The van der Waals surface area contributed by atoms with Crippen LogP contribution in [0.1, 0.15) is 11.1 Å². The summed E-state index contributed by atoms with van der Waals surface area (Å²) in [6.07, 6.45) is -3.71. The zero-order chi connectivity index (χ0) is 19.3. The molecule has 0 atom stereocenters. The number of nitrogens with one attached hydrogen (secondary N) is 1. The van der Waals surface area contributed by atoms with Gasteiger partial charge in [-0.1, -0.05) is 29.8 Å². The highest BCUT2D eigenvalue weighted by atomic mass is 35.5. The molecular weight excluding hydrogens is 369 g/mol. The van der Waals surface area contributed by atoms with Gasteiger partial charge < -0.3 is 10.1 Å². The van der Waals surface area contributed by atoms with Gasteiger partial charge in [0.25, 0.3) is 5.91 Å². The zero-order valence-electron chi connectivity index (χ0n) is 13.4. The second-order valence-corrected chi connectivity index (χ2v) is 5.47. The van der Waals surface area contributed by atoms with Gasteiger partial charge in [-0.25, -0.2) is 0 Å². The lowest BCUT2D eigenvalue weighted by Gasteiger charge is -2.11. The number of amides is 1. The third-order valence-corrected chi connectivity index (χ3v) is 3.64. The lowest BCUT2D eigenvalue weighted by Crippen LogP contribution is -2.14. The molecule has 26 heavy (non-hydrogen) atoms. The van der Waals surface area contributed by atoms with Crippen molar-refractivity contribution < 1.29 is 22.7 Å². The Morgan fingerprint density at radius 2 is 1.96 bits per heavy atom. The molecule has 8 heteroatoms. The minimum Gasteiger partial charge on any atom is -0.495 e. The molecule has 0 saturated carbocycles. The van der Waals surface area contributed by atoms with Crippen LogP contribution in [0, 0.1) is 11.3 Å². The lowest BCUT2D eigenvalue weighted by atomic mass is 10.0. The van der Waals surface area contributed by atoms with Gasteiger partial charge in [-0.05, 0) is 35.9 Å². The van der Waals surface area contributed by atoms with Crippen molar-refractivity contribution in [1.29, 1.82) is 5.26 Å². The minimum absolute atomic E-state index is 0.232. The topological polar surface area (TPSA) is 62.1 Å². The molecule has 2 rings (SSSR count). The van der Waals surface area contributed by atoms with Crippen LogP contribution in [0.5, 0.6) is 5.75 Å². The Morgan fingerprint density at radius 1 is 1.27 bits per heavy atom. The predicted molar refractivity (Wildman–Crippen MR) is 91.7 cm³/mol. The molecule has 134 valence electrons. The van der Waals surface area contributed by atoms with Crippen LogP contribution in [0.3, 0.4) is 0 Å². The van der Waals surface area contributed by atoms with Crippen molar-refractivity contribution in [3.63, 3.8) is 0 Å². The maximum absolute atomic E-state index is 13.0. The molecule has 0 aliphatic rings. The summed E-state index contributed by atoms with van der Waals surface area (Å²) in [6.45, 7) is 0. The summed E-state index contributed by atoms with van der Waals surface area (Å²) in [5, 5.41) is 11.8. The summed E-state index contributed by atoms with van der Waals surface area (Å²) in [7, 11) is 1.42. The summed E-state index contributed by atoms with van der Waals surface area (Å²) in [4.78, 5) is 12.2.